The van der Waals surface area contributed by atoms with Crippen molar-refractivity contribution in [2.45, 2.75) is 6.04 Å². The number of nitrogens with zero attached hydrogens (tertiary/aromatic N) is 1. The van der Waals surface area contributed by atoms with E-state index in [1.807, 2.05) is 16.8 Å². The molecule has 0 fully saturated rings. The van der Waals surface area contributed by atoms with E-state index >= 15 is 0 Å². The van der Waals surface area contributed by atoms with Gasteiger partial charge in [-0.05, 0) is 22.4 Å². The first-order valence-electron chi connectivity index (χ1n) is 4.71. The molecule has 1 aromatic carbocycles. The van der Waals surface area contributed by atoms with Gasteiger partial charge >= 0.3 is 0 Å². The van der Waals surface area contributed by atoms with E-state index in [-0.39, 0.29) is 5.69 Å². The molecule has 0 amide bonds. The maximum Gasteiger partial charge on any atom is 0.274 e. The first-order valence-corrected chi connectivity index (χ1v) is 5.65. The van der Waals surface area contributed by atoms with Crippen LogP contribution in [0.25, 0.3) is 0 Å². The fraction of sp³-hybridized carbons (Fsp3) is 0.0909. The second-order valence-electron chi connectivity index (χ2n) is 3.35. The number of nitro groups is 1. The fourth-order valence-electron chi connectivity index (χ4n) is 1.55. The van der Waals surface area contributed by atoms with Crippen molar-refractivity contribution in [2.24, 2.45) is 5.73 Å². The highest BCUT2D eigenvalue weighted by molar-refractivity contribution is 7.08. The highest BCUT2D eigenvalue weighted by atomic mass is 32.1. The van der Waals surface area contributed by atoms with E-state index in [9.17, 15) is 10.1 Å². The average Bonchev–Trinajstić information content (AvgIpc) is 2.81. The van der Waals surface area contributed by atoms with Gasteiger partial charge in [-0.25, -0.2) is 0 Å². The number of hydrogen-bond acceptors (Lipinski definition) is 4. The molecular formula is C11H10N2O2S. The van der Waals surface area contributed by atoms with E-state index in [0.29, 0.717) is 5.56 Å². The van der Waals surface area contributed by atoms with Gasteiger partial charge in [-0.2, -0.15) is 11.3 Å². The predicted octanol–water partition coefficient (Wildman–Crippen LogP) is 2.70. The molecule has 16 heavy (non-hydrogen) atoms. The summed E-state index contributed by atoms with van der Waals surface area (Å²) in [5, 5.41) is 14.7. The van der Waals surface area contributed by atoms with Gasteiger partial charge in [-0.1, -0.05) is 18.2 Å². The fourth-order valence-corrected chi connectivity index (χ4v) is 2.24. The number of rotatable bonds is 3. The zero-order valence-corrected chi connectivity index (χ0v) is 9.18. The topological polar surface area (TPSA) is 69.2 Å². The van der Waals surface area contributed by atoms with Crippen LogP contribution in [-0.4, -0.2) is 4.92 Å². The van der Waals surface area contributed by atoms with Gasteiger partial charge in [0.2, 0.25) is 0 Å². The summed E-state index contributed by atoms with van der Waals surface area (Å²) >= 11 is 1.53. The van der Waals surface area contributed by atoms with E-state index in [4.69, 9.17) is 5.73 Å². The zero-order valence-electron chi connectivity index (χ0n) is 8.37. The van der Waals surface area contributed by atoms with Gasteiger partial charge < -0.3 is 5.73 Å². The smallest absolute Gasteiger partial charge is 0.274 e. The van der Waals surface area contributed by atoms with Gasteiger partial charge in [-0.3, -0.25) is 10.1 Å². The summed E-state index contributed by atoms with van der Waals surface area (Å²) in [4.78, 5) is 10.4. The van der Waals surface area contributed by atoms with Gasteiger partial charge in [0, 0.05) is 6.07 Å². The summed E-state index contributed by atoms with van der Waals surface area (Å²) in [7, 11) is 0. The van der Waals surface area contributed by atoms with Gasteiger partial charge in [0.05, 0.1) is 16.5 Å². The monoisotopic (exact) mass is 234 g/mol. The van der Waals surface area contributed by atoms with Crippen molar-refractivity contribution in [1.29, 1.82) is 0 Å². The van der Waals surface area contributed by atoms with Crippen molar-refractivity contribution >= 4 is 17.0 Å². The van der Waals surface area contributed by atoms with Crippen LogP contribution in [0.4, 0.5) is 5.69 Å². The first-order chi connectivity index (χ1) is 7.70. The number of thiophene rings is 1. The molecule has 0 aliphatic carbocycles. The van der Waals surface area contributed by atoms with E-state index in [2.05, 4.69) is 0 Å². The number of para-hydroxylation sites is 1. The molecule has 2 aromatic rings. The molecule has 5 heteroatoms. The summed E-state index contributed by atoms with van der Waals surface area (Å²) in [5.41, 5.74) is 7.52. The summed E-state index contributed by atoms with van der Waals surface area (Å²) in [6.07, 6.45) is 0. The molecule has 4 nitrogen and oxygen atoms in total. The number of nitro benzene ring substituents is 1. The Kier molecular flexibility index (Phi) is 2.98. The maximum absolute atomic E-state index is 10.8. The standard InChI is InChI=1S/C11H10N2O2S/c12-11(8-5-6-16-7-8)9-3-1-2-4-10(9)13(14)15/h1-7,11H,12H2/t11-/m1/s1. The van der Waals surface area contributed by atoms with Gasteiger partial charge in [0.25, 0.3) is 5.69 Å². The summed E-state index contributed by atoms with van der Waals surface area (Å²) < 4.78 is 0. The number of hydrogen-bond donors (Lipinski definition) is 1. The molecule has 1 heterocycles. The van der Waals surface area contributed by atoms with E-state index in [1.54, 1.807) is 18.2 Å². The van der Waals surface area contributed by atoms with Crippen LogP contribution in [0.2, 0.25) is 0 Å². The van der Waals surface area contributed by atoms with Crippen molar-refractivity contribution in [3.05, 3.63) is 62.3 Å². The van der Waals surface area contributed by atoms with Crippen LogP contribution in [0, 0.1) is 10.1 Å². The number of benzene rings is 1. The Labute approximate surface area is 96.5 Å². The lowest BCUT2D eigenvalue weighted by Gasteiger charge is -2.10. The van der Waals surface area contributed by atoms with Crippen LogP contribution >= 0.6 is 11.3 Å². The first kappa shape index (κ1) is 10.8. The second kappa shape index (κ2) is 4.42. The molecule has 82 valence electrons. The SMILES string of the molecule is N[C@H](c1ccsc1)c1ccccc1[N+](=O)[O-]. The highest BCUT2D eigenvalue weighted by Gasteiger charge is 2.19. The van der Waals surface area contributed by atoms with Gasteiger partial charge in [0.1, 0.15) is 0 Å². The van der Waals surface area contributed by atoms with Crippen LogP contribution < -0.4 is 5.73 Å². The Hall–Kier alpha value is -1.72. The molecule has 0 aliphatic heterocycles. The predicted molar refractivity (Wildman–Crippen MR) is 63.4 cm³/mol. The molecule has 0 saturated heterocycles. The van der Waals surface area contributed by atoms with Crippen LogP contribution in [0.5, 0.6) is 0 Å². The van der Waals surface area contributed by atoms with Gasteiger partial charge in [0.15, 0.2) is 0 Å². The zero-order chi connectivity index (χ0) is 11.5. The molecule has 0 aliphatic rings. The lowest BCUT2D eigenvalue weighted by atomic mass is 10.0. The Morgan fingerprint density at radius 1 is 1.31 bits per heavy atom. The Balaban J connectivity index is 2.44. The van der Waals surface area contributed by atoms with Crippen molar-refractivity contribution in [2.75, 3.05) is 0 Å². The molecular weight excluding hydrogens is 224 g/mol. The van der Waals surface area contributed by atoms with Crippen LogP contribution in [0.15, 0.2) is 41.1 Å². The third-order valence-electron chi connectivity index (χ3n) is 2.37. The Morgan fingerprint density at radius 3 is 2.69 bits per heavy atom. The molecule has 0 spiro atoms. The van der Waals surface area contributed by atoms with Crippen LogP contribution in [0.3, 0.4) is 0 Å². The molecule has 1 aromatic heterocycles. The van der Waals surface area contributed by atoms with Crippen molar-refractivity contribution in [3.8, 4) is 0 Å². The molecule has 2 N–H and O–H groups in total. The lowest BCUT2D eigenvalue weighted by Crippen LogP contribution is -2.12. The van der Waals surface area contributed by atoms with E-state index in [0.717, 1.165) is 5.56 Å². The minimum Gasteiger partial charge on any atom is -0.320 e. The molecule has 0 radical (unpaired) electrons. The Bertz CT molecular complexity index is 496. The van der Waals surface area contributed by atoms with Crippen LogP contribution in [-0.2, 0) is 0 Å². The molecule has 0 saturated carbocycles. The quantitative estimate of drug-likeness (QED) is 0.655. The van der Waals surface area contributed by atoms with Crippen LogP contribution in [0.1, 0.15) is 17.2 Å². The Morgan fingerprint density at radius 2 is 2.06 bits per heavy atom. The number of nitrogens with two attached hydrogens (primary N) is 1. The highest BCUT2D eigenvalue weighted by Crippen LogP contribution is 2.28. The van der Waals surface area contributed by atoms with E-state index in [1.165, 1.54) is 17.4 Å². The van der Waals surface area contributed by atoms with Crippen molar-refractivity contribution in [3.63, 3.8) is 0 Å². The molecule has 0 unspecified atom stereocenters. The average molecular weight is 234 g/mol. The summed E-state index contributed by atoms with van der Waals surface area (Å²) in [6, 6.07) is 8.01. The summed E-state index contributed by atoms with van der Waals surface area (Å²) in [6.45, 7) is 0. The summed E-state index contributed by atoms with van der Waals surface area (Å²) in [5.74, 6) is 0. The van der Waals surface area contributed by atoms with Crippen molar-refractivity contribution < 1.29 is 4.92 Å². The van der Waals surface area contributed by atoms with E-state index < -0.39 is 11.0 Å². The largest absolute Gasteiger partial charge is 0.320 e. The molecule has 0 bridgehead atoms. The minimum absolute atomic E-state index is 0.0706. The minimum atomic E-state index is -0.437. The van der Waals surface area contributed by atoms with Gasteiger partial charge in [-0.15, -0.1) is 0 Å². The lowest BCUT2D eigenvalue weighted by molar-refractivity contribution is -0.385. The maximum atomic E-state index is 10.8. The second-order valence-corrected chi connectivity index (χ2v) is 4.13. The van der Waals surface area contributed by atoms with Crippen molar-refractivity contribution in [1.82, 2.24) is 0 Å². The molecule has 1 atom stereocenters. The molecule has 2 rings (SSSR count). The third kappa shape index (κ3) is 1.95. The third-order valence-corrected chi connectivity index (χ3v) is 3.07. The normalized spacial score (nSPS) is 12.3.